The van der Waals surface area contributed by atoms with Gasteiger partial charge in [-0.3, -0.25) is 19.5 Å². The number of amides is 2. The van der Waals surface area contributed by atoms with Crippen LogP contribution in [0.1, 0.15) is 24.0 Å². The lowest BCUT2D eigenvalue weighted by Gasteiger charge is -2.44. The van der Waals surface area contributed by atoms with Crippen LogP contribution < -0.4 is 5.32 Å². The van der Waals surface area contributed by atoms with Crippen molar-refractivity contribution in [3.8, 4) is 0 Å². The molecule has 0 aromatic carbocycles. The molecule has 0 spiro atoms. The zero-order valence-corrected chi connectivity index (χ0v) is 14.5. The van der Waals surface area contributed by atoms with Gasteiger partial charge in [-0.15, -0.1) is 0 Å². The van der Waals surface area contributed by atoms with Crippen LogP contribution in [-0.2, 0) is 16.0 Å². The number of carbonyl (C=O) groups excluding carboxylic acids is 2. The van der Waals surface area contributed by atoms with E-state index in [0.29, 0.717) is 13.0 Å². The number of carbonyl (C=O) groups is 2. The molecule has 6 nitrogen and oxygen atoms in total. The summed E-state index contributed by atoms with van der Waals surface area (Å²) in [6.07, 6.45) is 6.29. The first-order chi connectivity index (χ1) is 11.6. The van der Waals surface area contributed by atoms with Crippen LogP contribution in [0.5, 0.6) is 0 Å². The summed E-state index contributed by atoms with van der Waals surface area (Å²) in [7, 11) is 1.63. The Bertz CT molecular complexity index is 613. The highest BCUT2D eigenvalue weighted by molar-refractivity contribution is 5.89. The van der Waals surface area contributed by atoms with Crippen LogP contribution in [0.3, 0.4) is 0 Å². The molecule has 1 atom stereocenters. The van der Waals surface area contributed by atoms with E-state index in [2.05, 4.69) is 28.2 Å². The SMILES string of the molecule is CNC(=O)C1CC(=O)N(C2CN(CCCc3cnccc3C)C2)C1. The Morgan fingerprint density at radius 2 is 2.17 bits per heavy atom. The van der Waals surface area contributed by atoms with Crippen molar-refractivity contribution in [1.29, 1.82) is 0 Å². The quantitative estimate of drug-likeness (QED) is 0.830. The van der Waals surface area contributed by atoms with Crippen molar-refractivity contribution in [3.05, 3.63) is 29.6 Å². The molecule has 1 unspecified atom stereocenters. The molecule has 24 heavy (non-hydrogen) atoms. The van der Waals surface area contributed by atoms with Gasteiger partial charge in [-0.05, 0) is 43.5 Å². The molecule has 0 saturated carbocycles. The first kappa shape index (κ1) is 16.9. The van der Waals surface area contributed by atoms with Gasteiger partial charge in [0.05, 0.1) is 12.0 Å². The first-order valence-electron chi connectivity index (χ1n) is 8.71. The third-order valence-electron chi connectivity index (χ3n) is 5.22. The van der Waals surface area contributed by atoms with Gasteiger partial charge in [-0.25, -0.2) is 0 Å². The van der Waals surface area contributed by atoms with Gasteiger partial charge in [-0.1, -0.05) is 0 Å². The number of pyridine rings is 1. The predicted molar refractivity (Wildman–Crippen MR) is 91.4 cm³/mol. The molecule has 0 radical (unpaired) electrons. The minimum Gasteiger partial charge on any atom is -0.359 e. The average Bonchev–Trinajstić information content (AvgIpc) is 2.92. The molecular weight excluding hydrogens is 304 g/mol. The second-order valence-electron chi connectivity index (χ2n) is 6.88. The number of hydrogen-bond acceptors (Lipinski definition) is 4. The Kier molecular flexibility index (Phi) is 5.14. The van der Waals surface area contributed by atoms with E-state index in [4.69, 9.17) is 0 Å². The molecule has 6 heteroatoms. The van der Waals surface area contributed by atoms with Gasteiger partial charge in [0.15, 0.2) is 0 Å². The van der Waals surface area contributed by atoms with Gasteiger partial charge >= 0.3 is 0 Å². The van der Waals surface area contributed by atoms with Crippen molar-refractivity contribution in [2.75, 3.05) is 33.2 Å². The Morgan fingerprint density at radius 1 is 1.38 bits per heavy atom. The van der Waals surface area contributed by atoms with E-state index in [-0.39, 0.29) is 23.8 Å². The van der Waals surface area contributed by atoms with E-state index in [1.54, 1.807) is 7.05 Å². The fraction of sp³-hybridized carbons (Fsp3) is 0.611. The zero-order valence-electron chi connectivity index (χ0n) is 14.5. The van der Waals surface area contributed by atoms with E-state index in [9.17, 15) is 9.59 Å². The van der Waals surface area contributed by atoms with Crippen LogP contribution in [0, 0.1) is 12.8 Å². The maximum atomic E-state index is 12.1. The van der Waals surface area contributed by atoms with Crippen molar-refractivity contribution >= 4 is 11.8 Å². The molecule has 3 heterocycles. The Labute approximate surface area is 143 Å². The summed E-state index contributed by atoms with van der Waals surface area (Å²) < 4.78 is 0. The molecule has 1 aromatic rings. The van der Waals surface area contributed by atoms with Gasteiger partial charge in [0.2, 0.25) is 11.8 Å². The van der Waals surface area contributed by atoms with E-state index in [1.165, 1.54) is 11.1 Å². The van der Waals surface area contributed by atoms with Crippen molar-refractivity contribution in [2.45, 2.75) is 32.2 Å². The molecule has 130 valence electrons. The second kappa shape index (κ2) is 7.30. The molecule has 2 fully saturated rings. The number of nitrogens with one attached hydrogen (secondary N) is 1. The van der Waals surface area contributed by atoms with Crippen LogP contribution in [0.15, 0.2) is 18.5 Å². The third kappa shape index (κ3) is 3.59. The lowest BCUT2D eigenvalue weighted by molar-refractivity contribution is -0.133. The van der Waals surface area contributed by atoms with Gasteiger partial charge in [0, 0.05) is 45.5 Å². The van der Waals surface area contributed by atoms with E-state index < -0.39 is 0 Å². The molecule has 2 saturated heterocycles. The summed E-state index contributed by atoms with van der Waals surface area (Å²) in [6.45, 7) is 5.60. The molecule has 2 amide bonds. The molecule has 0 bridgehead atoms. The summed E-state index contributed by atoms with van der Waals surface area (Å²) >= 11 is 0. The van der Waals surface area contributed by atoms with Crippen LogP contribution >= 0.6 is 0 Å². The predicted octanol–water partition coefficient (Wildman–Crippen LogP) is 0.601. The molecule has 1 N–H and O–H groups in total. The fourth-order valence-corrected chi connectivity index (χ4v) is 3.64. The number of hydrogen-bond donors (Lipinski definition) is 1. The lowest BCUT2D eigenvalue weighted by atomic mass is 10.0. The van der Waals surface area contributed by atoms with Crippen LogP contribution in [-0.4, -0.2) is 65.9 Å². The highest BCUT2D eigenvalue weighted by atomic mass is 16.2. The summed E-state index contributed by atoms with van der Waals surface area (Å²) in [5.74, 6) is -0.0711. The minimum absolute atomic E-state index is 0.0196. The van der Waals surface area contributed by atoms with Crippen LogP contribution in [0.4, 0.5) is 0 Å². The number of aryl methyl sites for hydroxylation is 2. The van der Waals surface area contributed by atoms with Crippen molar-refractivity contribution in [2.24, 2.45) is 5.92 Å². The summed E-state index contributed by atoms with van der Waals surface area (Å²) in [5.41, 5.74) is 2.62. The Hall–Kier alpha value is -1.95. The average molecular weight is 330 g/mol. The monoisotopic (exact) mass is 330 g/mol. The molecule has 3 rings (SSSR count). The Morgan fingerprint density at radius 3 is 2.88 bits per heavy atom. The largest absolute Gasteiger partial charge is 0.359 e. The number of aromatic nitrogens is 1. The van der Waals surface area contributed by atoms with Gasteiger partial charge < -0.3 is 10.2 Å². The highest BCUT2D eigenvalue weighted by Gasteiger charge is 2.41. The van der Waals surface area contributed by atoms with E-state index >= 15 is 0 Å². The van der Waals surface area contributed by atoms with Gasteiger partial charge in [0.25, 0.3) is 0 Å². The molecule has 2 aliphatic heterocycles. The molecule has 0 aliphatic carbocycles. The van der Waals surface area contributed by atoms with Crippen LogP contribution in [0.25, 0.3) is 0 Å². The topological polar surface area (TPSA) is 65.5 Å². The van der Waals surface area contributed by atoms with Crippen molar-refractivity contribution < 1.29 is 9.59 Å². The normalized spacial score (nSPS) is 21.8. The van der Waals surface area contributed by atoms with Gasteiger partial charge in [0.1, 0.15) is 0 Å². The summed E-state index contributed by atoms with van der Waals surface area (Å²) in [4.78, 5) is 32.3. The molecule has 2 aliphatic rings. The number of nitrogens with zero attached hydrogens (tertiary/aromatic N) is 3. The number of likely N-dealkylation sites (tertiary alicyclic amines) is 2. The maximum Gasteiger partial charge on any atom is 0.225 e. The van der Waals surface area contributed by atoms with Crippen molar-refractivity contribution in [3.63, 3.8) is 0 Å². The maximum absolute atomic E-state index is 12.1. The first-order valence-corrected chi connectivity index (χ1v) is 8.71. The summed E-state index contributed by atoms with van der Waals surface area (Å²) in [5, 5.41) is 2.65. The second-order valence-corrected chi connectivity index (χ2v) is 6.88. The number of rotatable bonds is 6. The fourth-order valence-electron chi connectivity index (χ4n) is 3.64. The van der Waals surface area contributed by atoms with E-state index in [0.717, 1.165) is 32.5 Å². The smallest absolute Gasteiger partial charge is 0.225 e. The van der Waals surface area contributed by atoms with Gasteiger partial charge in [-0.2, -0.15) is 0 Å². The van der Waals surface area contributed by atoms with E-state index in [1.807, 2.05) is 17.3 Å². The molecule has 1 aromatic heterocycles. The minimum atomic E-state index is -0.176. The molecular formula is C18H26N4O2. The summed E-state index contributed by atoms with van der Waals surface area (Å²) in [6, 6.07) is 2.34. The Balaban J connectivity index is 1.39. The lowest BCUT2D eigenvalue weighted by Crippen LogP contribution is -2.59. The van der Waals surface area contributed by atoms with Crippen molar-refractivity contribution in [1.82, 2.24) is 20.1 Å². The standard InChI is InChI=1S/C18H26N4O2/c1-13-5-6-20-9-14(13)4-3-7-21-11-16(12-21)22-10-15(8-17(22)23)18(24)19-2/h5-6,9,15-16H,3-4,7-8,10-12H2,1-2H3,(H,19,24). The van der Waals surface area contributed by atoms with Crippen LogP contribution in [0.2, 0.25) is 0 Å². The highest BCUT2D eigenvalue weighted by Crippen LogP contribution is 2.25. The third-order valence-corrected chi connectivity index (χ3v) is 5.22. The zero-order chi connectivity index (χ0) is 17.1.